The number of benzene rings is 1. The fraction of sp³-hybridized carbons (Fsp3) is 0.500. The fourth-order valence-corrected chi connectivity index (χ4v) is 2.48. The second-order valence-electron chi connectivity index (χ2n) is 6.19. The largest absolute Gasteiger partial charge is 0.299 e. The van der Waals surface area contributed by atoms with Crippen LogP contribution >= 0.6 is 0 Å². The minimum atomic E-state index is 0.00321. The first-order valence-electron chi connectivity index (χ1n) is 7.04. The number of rotatable bonds is 7. The molecule has 1 heteroatoms. The Labute approximate surface area is 117 Å². The zero-order valence-corrected chi connectivity index (χ0v) is 12.6. The molecular weight excluding hydrogens is 232 g/mol. The molecule has 0 N–H and O–H groups in total. The quantitative estimate of drug-likeness (QED) is 0.630. The van der Waals surface area contributed by atoms with Crippen molar-refractivity contribution in [2.75, 3.05) is 0 Å². The van der Waals surface area contributed by atoms with Gasteiger partial charge in [0.2, 0.25) is 0 Å². The number of ketones is 1. The second-order valence-corrected chi connectivity index (χ2v) is 6.19. The zero-order chi connectivity index (χ0) is 14.5. The molecule has 0 saturated heterocycles. The van der Waals surface area contributed by atoms with Crippen molar-refractivity contribution < 1.29 is 4.79 Å². The lowest BCUT2D eigenvalue weighted by Crippen LogP contribution is -2.26. The second kappa shape index (κ2) is 6.70. The smallest absolute Gasteiger partial charge is 0.137 e. The van der Waals surface area contributed by atoms with Gasteiger partial charge in [-0.15, -0.1) is 6.58 Å². The van der Waals surface area contributed by atoms with Crippen LogP contribution in [0, 0.1) is 11.3 Å². The molecule has 1 nitrogen and oxygen atoms in total. The maximum atomic E-state index is 12.0. The zero-order valence-electron chi connectivity index (χ0n) is 12.6. The summed E-state index contributed by atoms with van der Waals surface area (Å²) in [5, 5.41) is 0. The third-order valence-corrected chi connectivity index (χ3v) is 4.28. The summed E-state index contributed by atoms with van der Waals surface area (Å²) in [6, 6.07) is 10.1. The van der Waals surface area contributed by atoms with E-state index in [0.29, 0.717) is 5.92 Å². The summed E-state index contributed by atoms with van der Waals surface area (Å²) in [6.07, 6.45) is 3.85. The van der Waals surface area contributed by atoms with Gasteiger partial charge in [0.05, 0.1) is 0 Å². The first-order valence-corrected chi connectivity index (χ1v) is 7.04. The van der Waals surface area contributed by atoms with Crippen molar-refractivity contribution in [1.82, 2.24) is 0 Å². The normalized spacial score (nSPS) is 14.7. The van der Waals surface area contributed by atoms with Crippen LogP contribution in [0.4, 0.5) is 0 Å². The maximum absolute atomic E-state index is 12.0. The highest BCUT2D eigenvalue weighted by Gasteiger charge is 2.31. The summed E-state index contributed by atoms with van der Waals surface area (Å²) < 4.78 is 0. The summed E-state index contributed by atoms with van der Waals surface area (Å²) in [6.45, 7) is 12.3. The van der Waals surface area contributed by atoms with E-state index in [2.05, 4.69) is 39.5 Å². The third kappa shape index (κ3) is 4.34. The number of allylic oxidation sites excluding steroid dienone is 1. The standard InChI is InChI=1S/C18H26O/c1-6-10-14(2)18(4,5)13-17(15(3)19)16-11-8-7-9-12-16/h6-9,11-12,14,17H,1,10,13H2,2-5H3/t14?,17-/m1/s1. The first-order chi connectivity index (χ1) is 8.88. The van der Waals surface area contributed by atoms with Gasteiger partial charge in [0.1, 0.15) is 5.78 Å². The minimum Gasteiger partial charge on any atom is -0.299 e. The predicted molar refractivity (Wildman–Crippen MR) is 82.2 cm³/mol. The van der Waals surface area contributed by atoms with Crippen LogP contribution in [-0.2, 0) is 4.79 Å². The van der Waals surface area contributed by atoms with Crippen LogP contribution in [0.1, 0.15) is 52.0 Å². The van der Waals surface area contributed by atoms with E-state index in [1.165, 1.54) is 0 Å². The molecule has 0 fully saturated rings. The van der Waals surface area contributed by atoms with E-state index in [4.69, 9.17) is 0 Å². The van der Waals surface area contributed by atoms with Gasteiger partial charge in [0.25, 0.3) is 0 Å². The van der Waals surface area contributed by atoms with Gasteiger partial charge in [0, 0.05) is 5.92 Å². The lowest BCUT2D eigenvalue weighted by molar-refractivity contribution is -0.119. The SMILES string of the molecule is C=CCC(C)C(C)(C)C[C@H](C(C)=O)c1ccccc1. The Kier molecular flexibility index (Phi) is 5.53. The molecule has 0 spiro atoms. The van der Waals surface area contributed by atoms with Gasteiger partial charge in [-0.05, 0) is 36.7 Å². The Bertz CT molecular complexity index is 417. The molecule has 2 atom stereocenters. The summed E-state index contributed by atoms with van der Waals surface area (Å²) in [5.41, 5.74) is 1.26. The van der Waals surface area contributed by atoms with Crippen LogP contribution in [-0.4, -0.2) is 5.78 Å². The molecule has 1 unspecified atom stereocenters. The van der Waals surface area contributed by atoms with Gasteiger partial charge >= 0.3 is 0 Å². The first kappa shape index (κ1) is 15.7. The van der Waals surface area contributed by atoms with Crippen LogP contribution < -0.4 is 0 Å². The number of hydrogen-bond donors (Lipinski definition) is 0. The number of hydrogen-bond acceptors (Lipinski definition) is 1. The monoisotopic (exact) mass is 258 g/mol. The van der Waals surface area contributed by atoms with Crippen LogP contribution in [0.5, 0.6) is 0 Å². The average molecular weight is 258 g/mol. The molecule has 0 amide bonds. The Morgan fingerprint density at radius 3 is 2.37 bits per heavy atom. The molecule has 0 aliphatic heterocycles. The molecule has 104 valence electrons. The molecule has 1 aromatic carbocycles. The van der Waals surface area contributed by atoms with E-state index in [1.807, 2.05) is 24.3 Å². The predicted octanol–water partition coefficient (Wildman–Crippen LogP) is 4.99. The summed E-state index contributed by atoms with van der Waals surface area (Å²) in [5.74, 6) is 0.782. The average Bonchev–Trinajstić information content (AvgIpc) is 2.37. The molecule has 1 aromatic rings. The number of carbonyl (C=O) groups is 1. The van der Waals surface area contributed by atoms with Crippen LogP contribution in [0.2, 0.25) is 0 Å². The van der Waals surface area contributed by atoms with Crippen molar-refractivity contribution in [3.8, 4) is 0 Å². The fourth-order valence-electron chi connectivity index (χ4n) is 2.48. The summed E-state index contributed by atoms with van der Waals surface area (Å²) in [7, 11) is 0. The van der Waals surface area contributed by atoms with Crippen LogP contribution in [0.3, 0.4) is 0 Å². The van der Waals surface area contributed by atoms with Crippen molar-refractivity contribution in [1.29, 1.82) is 0 Å². The Hall–Kier alpha value is -1.37. The number of Topliss-reactive ketones (excluding diaryl/α,β-unsaturated/α-hetero) is 1. The Balaban J connectivity index is 2.91. The van der Waals surface area contributed by atoms with Crippen molar-refractivity contribution >= 4 is 5.78 Å². The van der Waals surface area contributed by atoms with Crippen molar-refractivity contribution in [3.05, 3.63) is 48.6 Å². The molecule has 0 aromatic heterocycles. The van der Waals surface area contributed by atoms with Gasteiger partial charge in [0.15, 0.2) is 0 Å². The molecule has 0 radical (unpaired) electrons. The highest BCUT2D eigenvalue weighted by Crippen LogP contribution is 2.39. The van der Waals surface area contributed by atoms with Gasteiger partial charge in [-0.25, -0.2) is 0 Å². The maximum Gasteiger partial charge on any atom is 0.137 e. The molecular formula is C18H26O. The van der Waals surface area contributed by atoms with Gasteiger partial charge < -0.3 is 0 Å². The van der Waals surface area contributed by atoms with Crippen LogP contribution in [0.25, 0.3) is 0 Å². The van der Waals surface area contributed by atoms with E-state index < -0.39 is 0 Å². The van der Waals surface area contributed by atoms with Crippen molar-refractivity contribution in [2.24, 2.45) is 11.3 Å². The number of carbonyl (C=O) groups excluding carboxylic acids is 1. The van der Waals surface area contributed by atoms with E-state index in [9.17, 15) is 4.79 Å². The molecule has 0 heterocycles. The van der Waals surface area contributed by atoms with Gasteiger partial charge in [-0.2, -0.15) is 0 Å². The highest BCUT2D eigenvalue weighted by atomic mass is 16.1. The highest BCUT2D eigenvalue weighted by molar-refractivity contribution is 5.83. The minimum absolute atomic E-state index is 0.00321. The van der Waals surface area contributed by atoms with Gasteiger partial charge in [-0.3, -0.25) is 4.79 Å². The van der Waals surface area contributed by atoms with Crippen molar-refractivity contribution in [3.63, 3.8) is 0 Å². The lowest BCUT2D eigenvalue weighted by atomic mass is 9.70. The molecule has 0 bridgehead atoms. The molecule has 1 rings (SSSR count). The van der Waals surface area contributed by atoms with E-state index in [0.717, 1.165) is 18.4 Å². The Morgan fingerprint density at radius 1 is 1.32 bits per heavy atom. The Morgan fingerprint density at radius 2 is 1.89 bits per heavy atom. The molecule has 0 saturated carbocycles. The molecule has 0 aliphatic carbocycles. The van der Waals surface area contributed by atoms with Crippen molar-refractivity contribution in [2.45, 2.75) is 46.5 Å². The van der Waals surface area contributed by atoms with E-state index in [1.54, 1.807) is 6.92 Å². The lowest BCUT2D eigenvalue weighted by Gasteiger charge is -2.34. The summed E-state index contributed by atoms with van der Waals surface area (Å²) in [4.78, 5) is 12.0. The third-order valence-electron chi connectivity index (χ3n) is 4.28. The van der Waals surface area contributed by atoms with Gasteiger partial charge in [-0.1, -0.05) is 57.2 Å². The van der Waals surface area contributed by atoms with E-state index >= 15 is 0 Å². The van der Waals surface area contributed by atoms with Crippen LogP contribution in [0.15, 0.2) is 43.0 Å². The topological polar surface area (TPSA) is 17.1 Å². The van der Waals surface area contributed by atoms with E-state index in [-0.39, 0.29) is 17.1 Å². The molecule has 0 aliphatic rings. The summed E-state index contributed by atoms with van der Waals surface area (Å²) >= 11 is 0. The molecule has 19 heavy (non-hydrogen) atoms.